The van der Waals surface area contributed by atoms with Gasteiger partial charge in [-0.1, -0.05) is 6.07 Å². The first-order valence-corrected chi connectivity index (χ1v) is 9.03. The summed E-state index contributed by atoms with van der Waals surface area (Å²) in [5, 5.41) is 30.5. The highest BCUT2D eigenvalue weighted by Crippen LogP contribution is 2.46. The van der Waals surface area contributed by atoms with Gasteiger partial charge in [0.05, 0.1) is 12.6 Å². The highest BCUT2D eigenvalue weighted by atomic mass is 19.3. The molecule has 2 atom stereocenters. The average Bonchev–Trinajstić information content (AvgIpc) is 3.19. The van der Waals surface area contributed by atoms with Crippen LogP contribution in [0, 0.1) is 11.6 Å². The molecule has 0 saturated carbocycles. The van der Waals surface area contributed by atoms with Gasteiger partial charge in [-0.2, -0.15) is 8.78 Å². The van der Waals surface area contributed by atoms with Crippen molar-refractivity contribution in [3.05, 3.63) is 71.3 Å². The number of alkyl halides is 2. The maximum atomic E-state index is 15.5. The zero-order valence-corrected chi connectivity index (χ0v) is 15.9. The third kappa shape index (κ3) is 4.31. The number of halogens is 4. The average molecular weight is 425 g/mol. The number of hydrogen-bond acceptors (Lipinski definition) is 6. The van der Waals surface area contributed by atoms with Gasteiger partial charge in [0.15, 0.2) is 5.60 Å². The molecule has 0 fully saturated rings. The summed E-state index contributed by atoms with van der Waals surface area (Å²) in [6.45, 7) is 0.688. The molecule has 2 unspecified atom stereocenters. The first-order valence-electron chi connectivity index (χ1n) is 9.03. The van der Waals surface area contributed by atoms with Gasteiger partial charge >= 0.3 is 5.92 Å². The van der Waals surface area contributed by atoms with Gasteiger partial charge < -0.3 is 10.2 Å². The van der Waals surface area contributed by atoms with Crippen molar-refractivity contribution in [2.24, 2.45) is 0 Å². The molecule has 0 amide bonds. The van der Waals surface area contributed by atoms with E-state index in [4.69, 9.17) is 0 Å². The number of nitrogens with zero attached hydrogens (tertiary/aromatic N) is 5. The molecular formula is C19H19F4N5O2. The van der Waals surface area contributed by atoms with Crippen molar-refractivity contribution in [1.29, 1.82) is 0 Å². The molecule has 0 aliphatic carbocycles. The minimum absolute atomic E-state index is 0.405. The van der Waals surface area contributed by atoms with Crippen molar-refractivity contribution in [3.8, 4) is 0 Å². The topological polar surface area (TPSA) is 97.0 Å². The number of aliphatic hydroxyl groups excluding tert-OH is 1. The normalized spacial score (nSPS) is 15.0. The molecule has 0 saturated heterocycles. The molecule has 11 heteroatoms. The minimum atomic E-state index is -4.10. The molecule has 0 aliphatic heterocycles. The second-order valence-electron chi connectivity index (χ2n) is 7.01. The van der Waals surface area contributed by atoms with Crippen molar-refractivity contribution in [2.45, 2.75) is 43.9 Å². The summed E-state index contributed by atoms with van der Waals surface area (Å²) in [6.07, 6.45) is 2.45. The van der Waals surface area contributed by atoms with Crippen LogP contribution in [0.5, 0.6) is 0 Å². The van der Waals surface area contributed by atoms with Crippen LogP contribution in [0.25, 0.3) is 0 Å². The Morgan fingerprint density at radius 2 is 1.93 bits per heavy atom. The monoisotopic (exact) mass is 425 g/mol. The fraction of sp³-hybridized carbons (Fsp3) is 0.368. The van der Waals surface area contributed by atoms with E-state index in [0.717, 1.165) is 29.2 Å². The summed E-state index contributed by atoms with van der Waals surface area (Å²) >= 11 is 0. The van der Waals surface area contributed by atoms with Crippen LogP contribution in [-0.2, 0) is 24.5 Å². The molecule has 0 radical (unpaired) electrons. The van der Waals surface area contributed by atoms with Crippen LogP contribution in [0.1, 0.15) is 30.2 Å². The van der Waals surface area contributed by atoms with E-state index in [1.807, 2.05) is 0 Å². The summed E-state index contributed by atoms with van der Waals surface area (Å²) in [5.74, 6) is -6.43. The van der Waals surface area contributed by atoms with Gasteiger partial charge in [-0.05, 0) is 54.0 Å². The standard InChI is InChI=1S/C19H19F4N5O2/c1-12(29)2-3-13-4-7-17(24-9-13)19(22,23)18(30,10-28-11-25-26-27-28)15-6-5-14(20)8-16(15)21/h4-9,11-12,29-30H,2-3,10H2,1H3. The summed E-state index contributed by atoms with van der Waals surface area (Å²) < 4.78 is 59.6. The largest absolute Gasteiger partial charge is 0.393 e. The van der Waals surface area contributed by atoms with E-state index in [9.17, 15) is 19.0 Å². The zero-order chi connectivity index (χ0) is 21.9. The molecule has 3 rings (SSSR count). The Kier molecular flexibility index (Phi) is 6.13. The molecule has 0 aliphatic rings. The van der Waals surface area contributed by atoms with Crippen molar-refractivity contribution in [3.63, 3.8) is 0 Å². The van der Waals surface area contributed by atoms with Crippen LogP contribution in [-0.4, -0.2) is 41.5 Å². The van der Waals surface area contributed by atoms with Crippen LogP contribution < -0.4 is 0 Å². The third-order valence-corrected chi connectivity index (χ3v) is 4.68. The molecule has 3 aromatic rings. The maximum absolute atomic E-state index is 15.5. The Bertz CT molecular complexity index is 983. The quantitative estimate of drug-likeness (QED) is 0.538. The molecular weight excluding hydrogens is 406 g/mol. The number of hydrogen-bond donors (Lipinski definition) is 2. The van der Waals surface area contributed by atoms with E-state index in [2.05, 4.69) is 20.5 Å². The minimum Gasteiger partial charge on any atom is -0.393 e. The van der Waals surface area contributed by atoms with Crippen LogP contribution in [0.2, 0.25) is 0 Å². The Morgan fingerprint density at radius 1 is 1.17 bits per heavy atom. The Balaban J connectivity index is 2.03. The Morgan fingerprint density at radius 3 is 2.50 bits per heavy atom. The number of aryl methyl sites for hydroxylation is 1. The predicted octanol–water partition coefficient (Wildman–Crippen LogP) is 2.34. The SMILES string of the molecule is CC(O)CCc1ccc(C(F)(F)C(O)(Cn2cnnn2)c2ccc(F)cc2F)nc1. The molecule has 2 aromatic heterocycles. The second kappa shape index (κ2) is 8.44. The van der Waals surface area contributed by atoms with Gasteiger partial charge in [0.1, 0.15) is 23.7 Å². The van der Waals surface area contributed by atoms with Crippen LogP contribution in [0.3, 0.4) is 0 Å². The highest BCUT2D eigenvalue weighted by Gasteiger charge is 2.57. The highest BCUT2D eigenvalue weighted by molar-refractivity contribution is 5.31. The van der Waals surface area contributed by atoms with Gasteiger partial charge in [-0.15, -0.1) is 5.10 Å². The first kappa shape index (κ1) is 21.8. The number of aromatic nitrogens is 5. The lowest BCUT2D eigenvalue weighted by Crippen LogP contribution is -2.48. The molecule has 1 aromatic carbocycles. The molecule has 7 nitrogen and oxygen atoms in total. The van der Waals surface area contributed by atoms with Gasteiger partial charge in [-0.3, -0.25) is 4.98 Å². The number of tetrazole rings is 1. The lowest BCUT2D eigenvalue weighted by Gasteiger charge is -2.35. The lowest BCUT2D eigenvalue weighted by atomic mass is 9.84. The van der Waals surface area contributed by atoms with E-state index in [1.165, 1.54) is 12.3 Å². The summed E-state index contributed by atoms with van der Waals surface area (Å²) in [6, 6.07) is 4.33. The number of benzene rings is 1. The summed E-state index contributed by atoms with van der Waals surface area (Å²) in [4.78, 5) is 3.75. The predicted molar refractivity (Wildman–Crippen MR) is 96.2 cm³/mol. The van der Waals surface area contributed by atoms with Crippen LogP contribution in [0.4, 0.5) is 17.6 Å². The zero-order valence-electron chi connectivity index (χ0n) is 15.9. The Hall–Kier alpha value is -2.92. The van der Waals surface area contributed by atoms with Gasteiger partial charge in [0.25, 0.3) is 0 Å². The van der Waals surface area contributed by atoms with Crippen LogP contribution >= 0.6 is 0 Å². The second-order valence-corrected chi connectivity index (χ2v) is 7.01. The van der Waals surface area contributed by atoms with Gasteiger partial charge in [0.2, 0.25) is 0 Å². The van der Waals surface area contributed by atoms with E-state index in [0.29, 0.717) is 24.5 Å². The van der Waals surface area contributed by atoms with Crippen molar-refractivity contribution in [2.75, 3.05) is 0 Å². The number of pyridine rings is 1. The van der Waals surface area contributed by atoms with E-state index >= 15 is 8.78 Å². The fourth-order valence-electron chi connectivity index (χ4n) is 3.01. The van der Waals surface area contributed by atoms with E-state index in [1.54, 1.807) is 6.92 Å². The summed E-state index contributed by atoms with van der Waals surface area (Å²) in [7, 11) is 0. The lowest BCUT2D eigenvalue weighted by molar-refractivity contribution is -0.207. The molecule has 0 spiro atoms. The first-order chi connectivity index (χ1) is 14.1. The fourth-order valence-corrected chi connectivity index (χ4v) is 3.01. The third-order valence-electron chi connectivity index (χ3n) is 4.68. The molecule has 30 heavy (non-hydrogen) atoms. The molecule has 2 heterocycles. The van der Waals surface area contributed by atoms with Crippen molar-refractivity contribution < 1.29 is 27.8 Å². The van der Waals surface area contributed by atoms with Gasteiger partial charge in [-0.25, -0.2) is 13.5 Å². The van der Waals surface area contributed by atoms with E-state index < -0.39 is 47.1 Å². The molecule has 2 N–H and O–H groups in total. The maximum Gasteiger partial charge on any atom is 0.323 e. The smallest absolute Gasteiger partial charge is 0.323 e. The summed E-state index contributed by atoms with van der Waals surface area (Å²) in [5.41, 5.74) is -4.21. The van der Waals surface area contributed by atoms with Crippen molar-refractivity contribution >= 4 is 0 Å². The van der Waals surface area contributed by atoms with Gasteiger partial charge in [0, 0.05) is 17.8 Å². The number of rotatable bonds is 8. The Labute approximate surface area is 169 Å². The van der Waals surface area contributed by atoms with E-state index in [-0.39, 0.29) is 0 Å². The number of aliphatic hydroxyl groups is 2. The van der Waals surface area contributed by atoms with Crippen molar-refractivity contribution in [1.82, 2.24) is 25.2 Å². The molecule has 160 valence electrons. The van der Waals surface area contributed by atoms with Crippen LogP contribution in [0.15, 0.2) is 42.9 Å². The molecule has 0 bridgehead atoms.